The van der Waals surface area contributed by atoms with Crippen LogP contribution in [0.25, 0.3) is 0 Å². The van der Waals surface area contributed by atoms with Gasteiger partial charge in [-0.1, -0.05) is 26.0 Å². The number of anilines is 1. The van der Waals surface area contributed by atoms with Crippen molar-refractivity contribution in [1.29, 1.82) is 0 Å². The van der Waals surface area contributed by atoms with E-state index in [0.29, 0.717) is 5.69 Å². The van der Waals surface area contributed by atoms with E-state index in [1.165, 1.54) is 13.2 Å². The van der Waals surface area contributed by atoms with E-state index < -0.39 is 16.9 Å². The third kappa shape index (κ3) is 3.19. The molecule has 0 aliphatic carbocycles. The van der Waals surface area contributed by atoms with Gasteiger partial charge in [0.25, 0.3) is 5.69 Å². The molecule has 6 nitrogen and oxygen atoms in total. The maximum absolute atomic E-state index is 11.6. The van der Waals surface area contributed by atoms with Gasteiger partial charge in [-0.3, -0.25) is 10.1 Å². The Kier molecular flexibility index (Phi) is 4.65. The van der Waals surface area contributed by atoms with Crippen LogP contribution in [-0.4, -0.2) is 24.0 Å². The molecule has 1 N–H and O–H groups in total. The summed E-state index contributed by atoms with van der Waals surface area (Å²) in [5, 5.41) is 13.7. The number of hydrogen-bond donors (Lipinski definition) is 1. The molecular formula is C12H16N2O4. The molecule has 0 fully saturated rings. The topological polar surface area (TPSA) is 81.5 Å². The van der Waals surface area contributed by atoms with Crippen molar-refractivity contribution in [2.24, 2.45) is 5.92 Å². The third-order valence-corrected chi connectivity index (χ3v) is 2.53. The van der Waals surface area contributed by atoms with E-state index in [1.54, 1.807) is 18.2 Å². The summed E-state index contributed by atoms with van der Waals surface area (Å²) in [6, 6.07) is 5.58. The summed E-state index contributed by atoms with van der Waals surface area (Å²) in [7, 11) is 1.29. The van der Waals surface area contributed by atoms with Crippen molar-refractivity contribution in [2.75, 3.05) is 12.4 Å². The van der Waals surface area contributed by atoms with Crippen molar-refractivity contribution in [3.63, 3.8) is 0 Å². The predicted octanol–water partition coefficient (Wildman–Crippen LogP) is 2.20. The van der Waals surface area contributed by atoms with E-state index in [4.69, 9.17) is 0 Å². The van der Waals surface area contributed by atoms with Crippen molar-refractivity contribution in [2.45, 2.75) is 19.9 Å². The summed E-state index contributed by atoms with van der Waals surface area (Å²) in [6.45, 7) is 3.67. The molecule has 1 rings (SSSR count). The fourth-order valence-corrected chi connectivity index (χ4v) is 1.55. The lowest BCUT2D eigenvalue weighted by Gasteiger charge is -2.20. The van der Waals surface area contributed by atoms with Gasteiger partial charge in [-0.2, -0.15) is 0 Å². The lowest BCUT2D eigenvalue weighted by atomic mass is 10.0. The molecule has 0 radical (unpaired) electrons. The van der Waals surface area contributed by atoms with Crippen LogP contribution in [-0.2, 0) is 9.53 Å². The van der Waals surface area contributed by atoms with E-state index in [2.05, 4.69) is 10.1 Å². The molecule has 98 valence electrons. The van der Waals surface area contributed by atoms with Crippen molar-refractivity contribution < 1.29 is 14.5 Å². The van der Waals surface area contributed by atoms with Gasteiger partial charge in [0.1, 0.15) is 11.7 Å². The van der Waals surface area contributed by atoms with Gasteiger partial charge in [-0.15, -0.1) is 0 Å². The highest BCUT2D eigenvalue weighted by molar-refractivity contribution is 5.80. The first-order valence-corrected chi connectivity index (χ1v) is 5.55. The molecule has 1 aromatic rings. The SMILES string of the molecule is COC(=O)C(Nc1ccccc1[N+](=O)[O-])C(C)C. The Balaban J connectivity index is 3.01. The second kappa shape index (κ2) is 6.00. The minimum Gasteiger partial charge on any atom is -0.467 e. The Labute approximate surface area is 105 Å². The Morgan fingerprint density at radius 1 is 1.39 bits per heavy atom. The van der Waals surface area contributed by atoms with Crippen LogP contribution in [0.1, 0.15) is 13.8 Å². The molecule has 6 heteroatoms. The lowest BCUT2D eigenvalue weighted by molar-refractivity contribution is -0.384. The number of nitrogens with zero attached hydrogens (tertiary/aromatic N) is 1. The molecule has 1 aromatic carbocycles. The quantitative estimate of drug-likeness (QED) is 0.493. The van der Waals surface area contributed by atoms with Crippen LogP contribution < -0.4 is 5.32 Å². The number of rotatable bonds is 5. The number of carbonyl (C=O) groups excluding carboxylic acids is 1. The van der Waals surface area contributed by atoms with Gasteiger partial charge in [0.15, 0.2) is 0 Å². The number of esters is 1. The standard InChI is InChI=1S/C12H16N2O4/c1-8(2)11(12(15)18-3)13-9-6-4-5-7-10(9)14(16)17/h4-8,11,13H,1-3H3. The summed E-state index contributed by atoms with van der Waals surface area (Å²) < 4.78 is 4.67. The van der Waals surface area contributed by atoms with Gasteiger partial charge in [0.05, 0.1) is 12.0 Å². The lowest BCUT2D eigenvalue weighted by Crippen LogP contribution is -2.35. The van der Waals surface area contributed by atoms with Crippen LogP contribution in [0, 0.1) is 16.0 Å². The molecule has 0 spiro atoms. The van der Waals surface area contributed by atoms with Crippen molar-refractivity contribution >= 4 is 17.3 Å². The summed E-state index contributed by atoms with van der Waals surface area (Å²) >= 11 is 0. The summed E-state index contributed by atoms with van der Waals surface area (Å²) in [5.74, 6) is -0.486. The second-order valence-corrected chi connectivity index (χ2v) is 4.16. The third-order valence-electron chi connectivity index (χ3n) is 2.53. The summed E-state index contributed by atoms with van der Waals surface area (Å²) in [4.78, 5) is 22.0. The zero-order chi connectivity index (χ0) is 13.7. The number of nitrogens with one attached hydrogen (secondary N) is 1. The van der Waals surface area contributed by atoms with Crippen molar-refractivity contribution in [1.82, 2.24) is 0 Å². The highest BCUT2D eigenvalue weighted by Crippen LogP contribution is 2.25. The maximum atomic E-state index is 11.6. The first-order chi connectivity index (χ1) is 8.47. The number of benzene rings is 1. The molecule has 0 aromatic heterocycles. The summed E-state index contributed by atoms with van der Waals surface area (Å²) in [5.41, 5.74) is 0.249. The summed E-state index contributed by atoms with van der Waals surface area (Å²) in [6.07, 6.45) is 0. The minimum atomic E-state index is -0.615. The zero-order valence-electron chi connectivity index (χ0n) is 10.5. The smallest absolute Gasteiger partial charge is 0.328 e. The average Bonchev–Trinajstić information content (AvgIpc) is 2.34. The Morgan fingerprint density at radius 2 is 2.00 bits per heavy atom. The predicted molar refractivity (Wildman–Crippen MR) is 67.4 cm³/mol. The van der Waals surface area contributed by atoms with E-state index >= 15 is 0 Å². The number of hydrogen-bond acceptors (Lipinski definition) is 5. The number of nitro benzene ring substituents is 1. The molecule has 18 heavy (non-hydrogen) atoms. The van der Waals surface area contributed by atoms with Crippen molar-refractivity contribution in [3.05, 3.63) is 34.4 Å². The number of ether oxygens (including phenoxy) is 1. The molecule has 0 aliphatic rings. The number of methoxy groups -OCH3 is 1. The fourth-order valence-electron chi connectivity index (χ4n) is 1.55. The Morgan fingerprint density at radius 3 is 2.50 bits per heavy atom. The van der Waals surface area contributed by atoms with Crippen LogP contribution in [0.5, 0.6) is 0 Å². The molecule has 0 saturated heterocycles. The van der Waals surface area contributed by atoms with Crippen LogP contribution in [0.3, 0.4) is 0 Å². The Bertz CT molecular complexity index is 445. The van der Waals surface area contributed by atoms with E-state index in [-0.39, 0.29) is 11.6 Å². The molecule has 1 unspecified atom stereocenters. The highest BCUT2D eigenvalue weighted by Gasteiger charge is 2.25. The highest BCUT2D eigenvalue weighted by atomic mass is 16.6. The van der Waals surface area contributed by atoms with Gasteiger partial charge < -0.3 is 10.1 Å². The number of carbonyl (C=O) groups is 1. The number of para-hydroxylation sites is 2. The number of nitro groups is 1. The zero-order valence-corrected chi connectivity index (χ0v) is 10.5. The average molecular weight is 252 g/mol. The first-order valence-electron chi connectivity index (χ1n) is 5.55. The van der Waals surface area contributed by atoms with Crippen LogP contribution in [0.4, 0.5) is 11.4 Å². The second-order valence-electron chi connectivity index (χ2n) is 4.16. The van der Waals surface area contributed by atoms with Crippen molar-refractivity contribution in [3.8, 4) is 0 Å². The van der Waals surface area contributed by atoms with Crippen LogP contribution in [0.15, 0.2) is 24.3 Å². The van der Waals surface area contributed by atoms with E-state index in [0.717, 1.165) is 0 Å². The van der Waals surface area contributed by atoms with E-state index in [1.807, 2.05) is 13.8 Å². The molecule has 0 bridgehead atoms. The monoisotopic (exact) mass is 252 g/mol. The normalized spacial score (nSPS) is 12.0. The van der Waals surface area contributed by atoms with Gasteiger partial charge >= 0.3 is 5.97 Å². The van der Waals surface area contributed by atoms with Gasteiger partial charge in [-0.25, -0.2) is 4.79 Å². The molecule has 1 atom stereocenters. The molecular weight excluding hydrogens is 236 g/mol. The largest absolute Gasteiger partial charge is 0.467 e. The minimum absolute atomic E-state index is 0.0442. The molecule has 0 aliphatic heterocycles. The molecule has 0 amide bonds. The fraction of sp³-hybridized carbons (Fsp3) is 0.417. The molecule has 0 saturated carbocycles. The van der Waals surface area contributed by atoms with Crippen LogP contribution >= 0.6 is 0 Å². The van der Waals surface area contributed by atoms with Gasteiger partial charge in [0, 0.05) is 6.07 Å². The van der Waals surface area contributed by atoms with Gasteiger partial charge in [0.2, 0.25) is 0 Å². The Hall–Kier alpha value is -2.11. The van der Waals surface area contributed by atoms with Crippen LogP contribution in [0.2, 0.25) is 0 Å². The maximum Gasteiger partial charge on any atom is 0.328 e. The first kappa shape index (κ1) is 14.0. The van der Waals surface area contributed by atoms with Gasteiger partial charge in [-0.05, 0) is 12.0 Å². The molecule has 0 heterocycles. The van der Waals surface area contributed by atoms with E-state index in [9.17, 15) is 14.9 Å².